The molecule has 2 aliphatic rings. The number of H-pyrrole nitrogens is 1. The van der Waals surface area contributed by atoms with Gasteiger partial charge in [0.05, 0.1) is 11.9 Å². The molecule has 5 rings (SSSR count). The predicted molar refractivity (Wildman–Crippen MR) is 116 cm³/mol. The Morgan fingerprint density at radius 3 is 2.75 bits per heavy atom. The van der Waals surface area contributed by atoms with Gasteiger partial charge in [-0.2, -0.15) is 0 Å². The molecular formula is C23H21N5O4. The minimum absolute atomic E-state index is 0.150. The van der Waals surface area contributed by atoms with Crippen LogP contribution in [0, 0.1) is 0 Å². The van der Waals surface area contributed by atoms with Gasteiger partial charge in [-0.05, 0) is 29.2 Å². The number of nitrogens with zero attached hydrogens (tertiary/aromatic N) is 1. The second-order valence-electron chi connectivity index (χ2n) is 7.89. The van der Waals surface area contributed by atoms with E-state index in [0.717, 1.165) is 22.6 Å². The van der Waals surface area contributed by atoms with Crippen LogP contribution >= 0.6 is 0 Å². The Morgan fingerprint density at radius 2 is 2.03 bits per heavy atom. The Hall–Kier alpha value is -4.14. The van der Waals surface area contributed by atoms with Crippen molar-refractivity contribution in [3.63, 3.8) is 0 Å². The lowest BCUT2D eigenvalue weighted by Gasteiger charge is -2.20. The SMILES string of the molecule is CNC(=O)Nc1ccc2c(c1)[C@H](Cc1ncc(-c3ccccc3)[nH]1)C[C@@]21OC(=O)NC1=O. The monoisotopic (exact) mass is 431 g/mol. The van der Waals surface area contributed by atoms with Crippen molar-refractivity contribution in [2.24, 2.45) is 0 Å². The quantitative estimate of drug-likeness (QED) is 0.505. The highest BCUT2D eigenvalue weighted by molar-refractivity contribution is 6.04. The van der Waals surface area contributed by atoms with Gasteiger partial charge in [0.1, 0.15) is 5.82 Å². The van der Waals surface area contributed by atoms with E-state index in [9.17, 15) is 14.4 Å². The molecule has 4 amide bonds. The summed E-state index contributed by atoms with van der Waals surface area (Å²) in [7, 11) is 1.53. The highest BCUT2D eigenvalue weighted by atomic mass is 16.6. The van der Waals surface area contributed by atoms with Gasteiger partial charge in [-0.3, -0.25) is 10.1 Å². The van der Waals surface area contributed by atoms with Crippen LogP contribution in [0.2, 0.25) is 0 Å². The van der Waals surface area contributed by atoms with Crippen molar-refractivity contribution in [2.75, 3.05) is 12.4 Å². The molecule has 9 heteroatoms. The number of ether oxygens (including phenoxy) is 1. The summed E-state index contributed by atoms with van der Waals surface area (Å²) in [6, 6.07) is 14.8. The summed E-state index contributed by atoms with van der Waals surface area (Å²) >= 11 is 0. The predicted octanol–water partition coefficient (Wildman–Crippen LogP) is 3.02. The highest BCUT2D eigenvalue weighted by Crippen LogP contribution is 2.50. The molecule has 0 saturated carbocycles. The number of benzene rings is 2. The zero-order valence-electron chi connectivity index (χ0n) is 17.3. The molecule has 1 saturated heterocycles. The summed E-state index contributed by atoms with van der Waals surface area (Å²) in [5.41, 5.74) is 2.60. The number of urea groups is 1. The Bertz CT molecular complexity index is 1220. The number of carbonyl (C=O) groups is 3. The first-order valence-electron chi connectivity index (χ1n) is 10.3. The molecule has 0 unspecified atom stereocenters. The summed E-state index contributed by atoms with van der Waals surface area (Å²) < 4.78 is 5.50. The van der Waals surface area contributed by atoms with Crippen molar-refractivity contribution < 1.29 is 19.1 Å². The van der Waals surface area contributed by atoms with E-state index < -0.39 is 17.6 Å². The van der Waals surface area contributed by atoms with Gasteiger partial charge in [0.2, 0.25) is 5.60 Å². The van der Waals surface area contributed by atoms with Crippen LogP contribution < -0.4 is 16.0 Å². The van der Waals surface area contributed by atoms with E-state index in [2.05, 4.69) is 25.9 Å². The Labute approximate surface area is 183 Å². The summed E-state index contributed by atoms with van der Waals surface area (Å²) in [4.78, 5) is 44.2. The van der Waals surface area contributed by atoms with Crippen LogP contribution in [-0.4, -0.2) is 35.0 Å². The fourth-order valence-corrected chi connectivity index (χ4v) is 4.49. The Balaban J connectivity index is 1.49. The van der Waals surface area contributed by atoms with Crippen molar-refractivity contribution >= 4 is 23.7 Å². The van der Waals surface area contributed by atoms with Crippen LogP contribution in [0.1, 0.15) is 29.3 Å². The van der Waals surface area contributed by atoms with Gasteiger partial charge < -0.3 is 20.4 Å². The average molecular weight is 431 g/mol. The van der Waals surface area contributed by atoms with Crippen molar-refractivity contribution in [1.82, 2.24) is 20.6 Å². The first kappa shape index (κ1) is 19.8. The summed E-state index contributed by atoms with van der Waals surface area (Å²) in [5, 5.41) is 7.52. The van der Waals surface area contributed by atoms with E-state index in [0.29, 0.717) is 24.1 Å². The lowest BCUT2D eigenvalue weighted by molar-refractivity contribution is -0.132. The van der Waals surface area contributed by atoms with E-state index in [-0.39, 0.29) is 11.9 Å². The number of aromatic nitrogens is 2. The van der Waals surface area contributed by atoms with Gasteiger partial charge in [0, 0.05) is 31.1 Å². The van der Waals surface area contributed by atoms with Gasteiger partial charge >= 0.3 is 12.1 Å². The molecule has 2 aromatic carbocycles. The van der Waals surface area contributed by atoms with E-state index in [1.807, 2.05) is 36.4 Å². The van der Waals surface area contributed by atoms with Gasteiger partial charge in [0.25, 0.3) is 5.91 Å². The van der Waals surface area contributed by atoms with Crippen molar-refractivity contribution in [3.8, 4) is 11.3 Å². The molecule has 4 N–H and O–H groups in total. The molecule has 1 spiro atoms. The van der Waals surface area contributed by atoms with Crippen LogP contribution in [0.5, 0.6) is 0 Å². The number of aromatic amines is 1. The maximum Gasteiger partial charge on any atom is 0.415 e. The summed E-state index contributed by atoms with van der Waals surface area (Å²) in [6.45, 7) is 0. The molecule has 0 bridgehead atoms. The number of rotatable bonds is 4. The molecule has 9 nitrogen and oxygen atoms in total. The molecule has 162 valence electrons. The molecule has 1 aromatic heterocycles. The molecular weight excluding hydrogens is 410 g/mol. The summed E-state index contributed by atoms with van der Waals surface area (Å²) in [6.07, 6.45) is 1.83. The first-order chi connectivity index (χ1) is 15.5. The van der Waals surface area contributed by atoms with Crippen molar-refractivity contribution in [2.45, 2.75) is 24.4 Å². The number of amides is 4. The second kappa shape index (κ2) is 7.52. The van der Waals surface area contributed by atoms with Gasteiger partial charge in [-0.25, -0.2) is 14.6 Å². The number of anilines is 1. The standard InChI is InChI=1S/C23H21N5O4/c1-24-21(30)26-15-7-8-17-16(10-15)14(11-23(17)20(29)28-22(31)32-23)9-19-25-12-18(27-19)13-5-3-2-4-6-13/h2-8,10,12,14H,9,11H2,1H3,(H,25,27)(H2,24,26,30)(H,28,29,31)/t14-,23-/m1/s1. The van der Waals surface area contributed by atoms with Gasteiger partial charge in [-0.1, -0.05) is 36.4 Å². The number of imide groups is 1. The van der Waals surface area contributed by atoms with E-state index >= 15 is 0 Å². The summed E-state index contributed by atoms with van der Waals surface area (Å²) in [5.74, 6) is 0.136. The van der Waals surface area contributed by atoms with Crippen molar-refractivity contribution in [3.05, 3.63) is 71.7 Å². The van der Waals surface area contributed by atoms with Crippen LogP contribution in [-0.2, 0) is 21.6 Å². The highest BCUT2D eigenvalue weighted by Gasteiger charge is 2.57. The first-order valence-corrected chi connectivity index (χ1v) is 10.3. The maximum absolute atomic E-state index is 12.7. The number of carbonyl (C=O) groups excluding carboxylic acids is 3. The largest absolute Gasteiger partial charge is 0.427 e. The topological polar surface area (TPSA) is 125 Å². The fraction of sp³-hybridized carbons (Fsp3) is 0.217. The van der Waals surface area contributed by atoms with E-state index in [1.165, 1.54) is 7.05 Å². The fourth-order valence-electron chi connectivity index (χ4n) is 4.49. The van der Waals surface area contributed by atoms with Crippen LogP contribution in [0.4, 0.5) is 15.3 Å². The van der Waals surface area contributed by atoms with Crippen LogP contribution in [0.25, 0.3) is 11.3 Å². The number of fused-ring (bicyclic) bond motifs is 2. The third-order valence-electron chi connectivity index (χ3n) is 5.95. The minimum atomic E-state index is -1.36. The Morgan fingerprint density at radius 1 is 1.22 bits per heavy atom. The van der Waals surface area contributed by atoms with E-state index in [1.54, 1.807) is 18.3 Å². The van der Waals surface area contributed by atoms with Gasteiger partial charge in [0.15, 0.2) is 0 Å². The number of hydrogen-bond donors (Lipinski definition) is 4. The van der Waals surface area contributed by atoms with Crippen LogP contribution in [0.3, 0.4) is 0 Å². The number of imidazole rings is 1. The van der Waals surface area contributed by atoms with E-state index in [4.69, 9.17) is 4.74 Å². The zero-order valence-corrected chi connectivity index (χ0v) is 17.3. The second-order valence-corrected chi connectivity index (χ2v) is 7.89. The van der Waals surface area contributed by atoms with Crippen molar-refractivity contribution in [1.29, 1.82) is 0 Å². The molecule has 2 heterocycles. The lowest BCUT2D eigenvalue weighted by Crippen LogP contribution is -2.34. The lowest BCUT2D eigenvalue weighted by atomic mass is 9.94. The number of hydrogen-bond acceptors (Lipinski definition) is 5. The molecule has 32 heavy (non-hydrogen) atoms. The molecule has 0 radical (unpaired) electrons. The maximum atomic E-state index is 12.7. The smallest absolute Gasteiger partial charge is 0.415 e. The van der Waals surface area contributed by atoms with Crippen LogP contribution in [0.15, 0.2) is 54.7 Å². The minimum Gasteiger partial charge on any atom is -0.427 e. The normalized spacial score (nSPS) is 21.2. The molecule has 3 aromatic rings. The molecule has 1 aliphatic carbocycles. The zero-order chi connectivity index (χ0) is 22.3. The number of alkyl carbamates (subject to hydrolysis) is 1. The van der Waals surface area contributed by atoms with Gasteiger partial charge in [-0.15, -0.1) is 0 Å². The molecule has 1 aliphatic heterocycles. The third-order valence-corrected chi connectivity index (χ3v) is 5.95. The average Bonchev–Trinajstić information content (AvgIpc) is 3.46. The molecule has 1 fully saturated rings. The number of nitrogens with one attached hydrogen (secondary N) is 4. The Kier molecular flexibility index (Phi) is 4.66. The third kappa shape index (κ3) is 3.27. The molecule has 2 atom stereocenters.